The van der Waals surface area contributed by atoms with Crippen molar-refractivity contribution in [1.82, 2.24) is 0 Å². The highest BCUT2D eigenvalue weighted by molar-refractivity contribution is 5.60. The van der Waals surface area contributed by atoms with Crippen molar-refractivity contribution in [1.29, 1.82) is 0 Å². The van der Waals surface area contributed by atoms with Crippen LogP contribution in [0.5, 0.6) is 0 Å². The van der Waals surface area contributed by atoms with Crippen molar-refractivity contribution in [3.05, 3.63) is 29.8 Å². The Labute approximate surface area is 116 Å². The monoisotopic (exact) mass is 262 g/mol. The van der Waals surface area contributed by atoms with Crippen LogP contribution < -0.4 is 10.6 Å². The Balaban J connectivity index is 2.07. The molecule has 0 radical (unpaired) electrons. The van der Waals surface area contributed by atoms with E-state index in [0.29, 0.717) is 5.92 Å². The van der Waals surface area contributed by atoms with Crippen molar-refractivity contribution in [3.63, 3.8) is 0 Å². The molecule has 0 amide bonds. The molecule has 3 nitrogen and oxygen atoms in total. The van der Waals surface area contributed by atoms with E-state index in [4.69, 9.17) is 10.5 Å². The number of nitrogens with two attached hydrogens (primary N) is 1. The summed E-state index contributed by atoms with van der Waals surface area (Å²) in [6.07, 6.45) is 2.11. The normalized spacial score (nSPS) is 18.7. The number of rotatable bonds is 6. The molecule has 0 fully saturated rings. The fraction of sp³-hybridized carbons (Fsp3) is 0.625. The van der Waals surface area contributed by atoms with E-state index in [1.54, 1.807) is 7.11 Å². The van der Waals surface area contributed by atoms with Gasteiger partial charge in [0.2, 0.25) is 0 Å². The molecule has 1 unspecified atom stereocenters. The second kappa shape index (κ2) is 5.93. The number of anilines is 1. The standard InChI is InChI=1S/C16H26N2O/c1-16(2,19-3)9-11-18-12-13(8-10-17)14-6-4-5-7-15(14)18/h4-7,13H,8-12,17H2,1-3H3. The van der Waals surface area contributed by atoms with Crippen molar-refractivity contribution in [2.75, 3.05) is 31.6 Å². The molecule has 19 heavy (non-hydrogen) atoms. The van der Waals surface area contributed by atoms with Crippen LogP contribution in [0.25, 0.3) is 0 Å². The van der Waals surface area contributed by atoms with Gasteiger partial charge in [0.25, 0.3) is 0 Å². The number of fused-ring (bicyclic) bond motifs is 1. The second-order valence-corrected chi connectivity index (χ2v) is 5.99. The summed E-state index contributed by atoms with van der Waals surface area (Å²) in [5, 5.41) is 0. The van der Waals surface area contributed by atoms with E-state index in [-0.39, 0.29) is 5.60 Å². The Kier molecular flexibility index (Phi) is 4.48. The minimum Gasteiger partial charge on any atom is -0.379 e. The third-order valence-corrected chi connectivity index (χ3v) is 4.21. The van der Waals surface area contributed by atoms with Gasteiger partial charge >= 0.3 is 0 Å². The molecular formula is C16H26N2O. The maximum atomic E-state index is 5.74. The van der Waals surface area contributed by atoms with Crippen LogP contribution in [0.2, 0.25) is 0 Å². The predicted octanol–water partition coefficient (Wildman–Crippen LogP) is 2.75. The summed E-state index contributed by atoms with van der Waals surface area (Å²) in [4.78, 5) is 2.48. The fourth-order valence-electron chi connectivity index (χ4n) is 2.75. The van der Waals surface area contributed by atoms with Gasteiger partial charge in [-0.2, -0.15) is 0 Å². The van der Waals surface area contributed by atoms with Gasteiger partial charge in [0.05, 0.1) is 5.60 Å². The first-order valence-corrected chi connectivity index (χ1v) is 7.16. The smallest absolute Gasteiger partial charge is 0.0639 e. The van der Waals surface area contributed by atoms with E-state index in [9.17, 15) is 0 Å². The van der Waals surface area contributed by atoms with Crippen molar-refractivity contribution >= 4 is 5.69 Å². The zero-order valence-corrected chi connectivity index (χ0v) is 12.4. The van der Waals surface area contributed by atoms with Crippen LogP contribution in [0, 0.1) is 0 Å². The third kappa shape index (κ3) is 3.28. The van der Waals surface area contributed by atoms with Gasteiger partial charge in [-0.15, -0.1) is 0 Å². The molecule has 0 aliphatic carbocycles. The number of hydrogen-bond donors (Lipinski definition) is 1. The average molecular weight is 262 g/mol. The van der Waals surface area contributed by atoms with Gasteiger partial charge in [-0.3, -0.25) is 0 Å². The Morgan fingerprint density at radius 2 is 2.11 bits per heavy atom. The van der Waals surface area contributed by atoms with Crippen LogP contribution in [-0.2, 0) is 4.74 Å². The van der Waals surface area contributed by atoms with Crippen molar-refractivity contribution < 1.29 is 4.74 Å². The molecule has 2 N–H and O–H groups in total. The van der Waals surface area contributed by atoms with E-state index in [0.717, 1.165) is 32.5 Å². The number of methoxy groups -OCH3 is 1. The summed E-state index contributed by atoms with van der Waals surface area (Å²) in [5.41, 5.74) is 8.53. The molecule has 0 aromatic heterocycles. The summed E-state index contributed by atoms with van der Waals surface area (Å²) >= 11 is 0. The largest absolute Gasteiger partial charge is 0.379 e. The molecular weight excluding hydrogens is 236 g/mol. The van der Waals surface area contributed by atoms with Crippen LogP contribution in [0.15, 0.2) is 24.3 Å². The van der Waals surface area contributed by atoms with Crippen LogP contribution in [0.1, 0.15) is 38.2 Å². The van der Waals surface area contributed by atoms with Crippen LogP contribution in [-0.4, -0.2) is 32.3 Å². The molecule has 0 spiro atoms. The summed E-state index contributed by atoms with van der Waals surface area (Å²) < 4.78 is 5.51. The number of nitrogens with zero attached hydrogens (tertiary/aromatic N) is 1. The molecule has 1 aromatic carbocycles. The summed E-state index contributed by atoms with van der Waals surface area (Å²) in [5.74, 6) is 0.590. The number of para-hydroxylation sites is 1. The zero-order chi connectivity index (χ0) is 13.9. The molecule has 0 bridgehead atoms. The molecule has 1 atom stereocenters. The minimum atomic E-state index is -0.0547. The van der Waals surface area contributed by atoms with Crippen molar-refractivity contribution in [2.24, 2.45) is 5.73 Å². The molecule has 2 rings (SSSR count). The lowest BCUT2D eigenvalue weighted by Crippen LogP contribution is -2.32. The molecule has 106 valence electrons. The van der Waals surface area contributed by atoms with Gasteiger partial charge in [-0.05, 0) is 44.9 Å². The van der Waals surface area contributed by atoms with Gasteiger partial charge < -0.3 is 15.4 Å². The van der Waals surface area contributed by atoms with Gasteiger partial charge in [0, 0.05) is 31.8 Å². The van der Waals surface area contributed by atoms with Gasteiger partial charge in [-0.25, -0.2) is 0 Å². The first kappa shape index (κ1) is 14.4. The average Bonchev–Trinajstić information content (AvgIpc) is 2.76. The molecule has 1 aliphatic rings. The Bertz CT molecular complexity index is 417. The fourth-order valence-corrected chi connectivity index (χ4v) is 2.75. The number of benzene rings is 1. The lowest BCUT2D eigenvalue weighted by Gasteiger charge is -2.27. The maximum Gasteiger partial charge on any atom is 0.0639 e. The van der Waals surface area contributed by atoms with E-state index in [1.165, 1.54) is 11.3 Å². The van der Waals surface area contributed by atoms with Crippen LogP contribution in [0.3, 0.4) is 0 Å². The highest BCUT2D eigenvalue weighted by atomic mass is 16.5. The number of hydrogen-bond acceptors (Lipinski definition) is 3. The second-order valence-electron chi connectivity index (χ2n) is 5.99. The topological polar surface area (TPSA) is 38.5 Å². The number of ether oxygens (including phenoxy) is 1. The highest BCUT2D eigenvalue weighted by Gasteiger charge is 2.28. The van der Waals surface area contributed by atoms with Gasteiger partial charge in [0.1, 0.15) is 0 Å². The summed E-state index contributed by atoms with van der Waals surface area (Å²) in [6.45, 7) is 7.18. The van der Waals surface area contributed by atoms with Gasteiger partial charge in [-0.1, -0.05) is 18.2 Å². The predicted molar refractivity (Wildman–Crippen MR) is 80.8 cm³/mol. The summed E-state index contributed by atoms with van der Waals surface area (Å²) in [7, 11) is 1.79. The minimum absolute atomic E-state index is 0.0547. The Morgan fingerprint density at radius 3 is 2.79 bits per heavy atom. The lowest BCUT2D eigenvalue weighted by molar-refractivity contribution is 0.0172. The van der Waals surface area contributed by atoms with Crippen molar-refractivity contribution in [2.45, 2.75) is 38.2 Å². The van der Waals surface area contributed by atoms with E-state index in [1.807, 2.05) is 0 Å². The Hall–Kier alpha value is -1.06. The van der Waals surface area contributed by atoms with Gasteiger partial charge in [0.15, 0.2) is 0 Å². The molecule has 0 saturated heterocycles. The summed E-state index contributed by atoms with van der Waals surface area (Å²) in [6, 6.07) is 8.73. The first-order valence-electron chi connectivity index (χ1n) is 7.16. The molecule has 0 saturated carbocycles. The lowest BCUT2D eigenvalue weighted by atomic mass is 9.98. The molecule has 3 heteroatoms. The van der Waals surface area contributed by atoms with Crippen LogP contribution in [0.4, 0.5) is 5.69 Å². The Morgan fingerprint density at radius 1 is 1.37 bits per heavy atom. The third-order valence-electron chi connectivity index (χ3n) is 4.21. The van der Waals surface area contributed by atoms with E-state index in [2.05, 4.69) is 43.0 Å². The van der Waals surface area contributed by atoms with Crippen molar-refractivity contribution in [3.8, 4) is 0 Å². The van der Waals surface area contributed by atoms with E-state index >= 15 is 0 Å². The SMILES string of the molecule is COC(C)(C)CCN1CC(CCN)c2ccccc21. The quantitative estimate of drug-likeness (QED) is 0.856. The van der Waals surface area contributed by atoms with E-state index < -0.39 is 0 Å². The molecule has 1 heterocycles. The maximum absolute atomic E-state index is 5.74. The highest BCUT2D eigenvalue weighted by Crippen LogP contribution is 2.38. The molecule has 1 aromatic rings. The molecule has 1 aliphatic heterocycles. The first-order chi connectivity index (χ1) is 9.07. The van der Waals surface area contributed by atoms with Crippen LogP contribution >= 0.6 is 0 Å². The zero-order valence-electron chi connectivity index (χ0n) is 12.4.